The molecule has 216 valence electrons. The van der Waals surface area contributed by atoms with Crippen LogP contribution in [0.3, 0.4) is 0 Å². The number of piperazine rings is 1. The Hall–Kier alpha value is -3.49. The first-order valence-corrected chi connectivity index (χ1v) is 13.6. The fraction of sp³-hybridized carbons (Fsp3) is 0.370. The maximum atomic E-state index is 14.0. The SMILES string of the molecule is OCCN1CC2CC1CN2c1nc(O)c(C(Cc2ccc(C(F)(F)F)cc2C(F)(F)F)=c2ccc3c(c2)C=NN=3)s1. The van der Waals surface area contributed by atoms with Crippen LogP contribution in [0.5, 0.6) is 5.88 Å². The molecule has 6 rings (SSSR count). The molecule has 0 radical (unpaired) electrons. The fourth-order valence-corrected chi connectivity index (χ4v) is 6.88. The van der Waals surface area contributed by atoms with Crippen LogP contribution >= 0.6 is 11.3 Å². The maximum Gasteiger partial charge on any atom is 0.416 e. The Morgan fingerprint density at radius 3 is 2.49 bits per heavy atom. The molecule has 2 N–H and O–H groups in total. The van der Waals surface area contributed by atoms with Crippen molar-refractivity contribution in [1.82, 2.24) is 9.88 Å². The molecule has 0 saturated carbocycles. The lowest BCUT2D eigenvalue weighted by molar-refractivity contribution is -0.143. The van der Waals surface area contributed by atoms with E-state index in [0.717, 1.165) is 23.8 Å². The van der Waals surface area contributed by atoms with Crippen LogP contribution in [0.4, 0.5) is 31.5 Å². The van der Waals surface area contributed by atoms with Gasteiger partial charge in [0.15, 0.2) is 5.13 Å². The van der Waals surface area contributed by atoms with Gasteiger partial charge in [0.1, 0.15) is 0 Å². The van der Waals surface area contributed by atoms with Gasteiger partial charge in [0, 0.05) is 43.7 Å². The Bertz CT molecular complexity index is 1650. The van der Waals surface area contributed by atoms with Crippen molar-refractivity contribution >= 4 is 28.3 Å². The third kappa shape index (κ3) is 5.19. The van der Waals surface area contributed by atoms with Crippen LogP contribution in [-0.2, 0) is 18.8 Å². The Morgan fingerprint density at radius 1 is 1.00 bits per heavy atom. The quantitative estimate of drug-likeness (QED) is 0.426. The molecule has 0 amide bonds. The number of benzene rings is 2. The zero-order valence-electron chi connectivity index (χ0n) is 21.2. The van der Waals surface area contributed by atoms with E-state index in [1.807, 2.05) is 0 Å². The Morgan fingerprint density at radius 2 is 1.80 bits per heavy atom. The molecule has 2 saturated heterocycles. The zero-order chi connectivity index (χ0) is 29.1. The van der Waals surface area contributed by atoms with E-state index in [-0.39, 0.29) is 46.7 Å². The van der Waals surface area contributed by atoms with Gasteiger partial charge in [-0.1, -0.05) is 23.5 Å². The van der Waals surface area contributed by atoms with Gasteiger partial charge in [-0.2, -0.15) is 41.5 Å². The highest BCUT2D eigenvalue weighted by atomic mass is 32.1. The average molecular weight is 596 g/mol. The molecule has 1 aromatic heterocycles. The molecule has 41 heavy (non-hydrogen) atoms. The highest BCUT2D eigenvalue weighted by molar-refractivity contribution is 7.17. The number of nitrogens with zero attached hydrogens (tertiary/aromatic N) is 5. The predicted molar refractivity (Wildman–Crippen MR) is 139 cm³/mol. The first-order chi connectivity index (χ1) is 19.4. The topological polar surface area (TPSA) is 84.5 Å². The molecule has 2 atom stereocenters. The van der Waals surface area contributed by atoms with Crippen molar-refractivity contribution in [1.29, 1.82) is 0 Å². The number of hydrogen-bond acceptors (Lipinski definition) is 8. The van der Waals surface area contributed by atoms with Crippen molar-refractivity contribution in [3.63, 3.8) is 0 Å². The molecule has 2 fully saturated rings. The summed E-state index contributed by atoms with van der Waals surface area (Å²) in [5.41, 5.74) is -2.26. The Balaban J connectivity index is 1.44. The predicted octanol–water partition coefficient (Wildman–Crippen LogP) is 3.55. The van der Waals surface area contributed by atoms with E-state index in [1.165, 1.54) is 6.21 Å². The zero-order valence-corrected chi connectivity index (χ0v) is 22.1. The summed E-state index contributed by atoms with van der Waals surface area (Å²) in [6.07, 6.45) is -8.04. The van der Waals surface area contributed by atoms with E-state index in [0.29, 0.717) is 47.0 Å². The van der Waals surface area contributed by atoms with Gasteiger partial charge >= 0.3 is 12.4 Å². The summed E-state index contributed by atoms with van der Waals surface area (Å²) in [5.74, 6) is -0.366. The highest BCUT2D eigenvalue weighted by Gasteiger charge is 2.44. The second-order valence-corrected chi connectivity index (χ2v) is 11.2. The van der Waals surface area contributed by atoms with E-state index >= 15 is 0 Å². The highest BCUT2D eigenvalue weighted by Crippen LogP contribution is 2.43. The van der Waals surface area contributed by atoms with Gasteiger partial charge in [0.2, 0.25) is 5.88 Å². The van der Waals surface area contributed by atoms with Crippen LogP contribution in [0.15, 0.2) is 46.6 Å². The van der Waals surface area contributed by atoms with Crippen LogP contribution in [0.2, 0.25) is 0 Å². The second kappa shape index (κ2) is 10.1. The van der Waals surface area contributed by atoms with E-state index in [2.05, 4.69) is 25.0 Å². The van der Waals surface area contributed by atoms with E-state index in [4.69, 9.17) is 0 Å². The molecular weight excluding hydrogens is 572 g/mol. The van der Waals surface area contributed by atoms with E-state index in [1.54, 1.807) is 18.2 Å². The first kappa shape index (κ1) is 27.7. The normalized spacial score (nSPS) is 21.0. The summed E-state index contributed by atoms with van der Waals surface area (Å²) < 4.78 is 81.9. The van der Waals surface area contributed by atoms with Gasteiger partial charge in [-0.15, -0.1) is 0 Å². The molecule has 4 heterocycles. The third-order valence-corrected chi connectivity index (χ3v) is 8.85. The number of halogens is 6. The standard InChI is InChI=1S/C27H23F6N5O2S/c28-26(29,30)17-3-1-15(21(9-17)27(31,32)33)8-20(14-2-4-22-16(7-14)11-34-36-22)23-24(40)35-25(41-23)38-13-18-10-19(38)12-37(18)5-6-39/h1-4,7,9,11,18-19,39-40H,5-6,8,10,12-13H2. The number of alkyl halides is 6. The van der Waals surface area contributed by atoms with Crippen molar-refractivity contribution in [3.05, 3.63) is 74.1 Å². The largest absolute Gasteiger partial charge is 0.492 e. The molecule has 3 aliphatic heterocycles. The van der Waals surface area contributed by atoms with Gasteiger partial charge < -0.3 is 15.1 Å². The second-order valence-electron chi connectivity index (χ2n) is 10.2. The number of anilines is 1. The number of aliphatic hydroxyl groups is 1. The minimum atomic E-state index is -5.04. The summed E-state index contributed by atoms with van der Waals surface area (Å²) in [7, 11) is 0. The summed E-state index contributed by atoms with van der Waals surface area (Å²) in [6, 6.07) is 6.86. The van der Waals surface area contributed by atoms with Crippen molar-refractivity contribution < 1.29 is 36.6 Å². The molecule has 2 unspecified atom stereocenters. The lowest BCUT2D eigenvalue weighted by Gasteiger charge is -2.33. The molecule has 0 aliphatic carbocycles. The number of fused-ring (bicyclic) bond motifs is 3. The van der Waals surface area contributed by atoms with Crippen LogP contribution in [0.1, 0.15) is 33.6 Å². The monoisotopic (exact) mass is 595 g/mol. The molecular formula is C27H23F6N5O2S. The molecule has 3 aliphatic rings. The number of aliphatic hydroxyl groups excluding tert-OH is 1. The Labute approximate surface area is 233 Å². The average Bonchev–Trinajstić information content (AvgIpc) is 3.70. The number of rotatable bonds is 6. The number of β-amino-alcohol motifs (C(OH)–C–C–N with tert-alkyl or cyclic N) is 1. The smallest absolute Gasteiger partial charge is 0.416 e. The number of likely N-dealkylation sites (tertiary alicyclic amines) is 1. The van der Waals surface area contributed by atoms with Crippen molar-refractivity contribution in [2.45, 2.75) is 37.3 Å². The number of aromatic nitrogens is 1. The Kier molecular flexibility index (Phi) is 6.82. The fourth-order valence-electron chi connectivity index (χ4n) is 5.77. The van der Waals surface area contributed by atoms with E-state index < -0.39 is 29.9 Å². The maximum absolute atomic E-state index is 14.0. The van der Waals surface area contributed by atoms with Gasteiger partial charge in [-0.05, 0) is 47.0 Å². The summed E-state index contributed by atoms with van der Waals surface area (Å²) in [4.78, 5) is 8.83. The van der Waals surface area contributed by atoms with Crippen LogP contribution in [0.25, 0.3) is 5.57 Å². The minimum Gasteiger partial charge on any atom is -0.492 e. The molecule has 7 nitrogen and oxygen atoms in total. The van der Waals surface area contributed by atoms with Crippen molar-refractivity contribution in [3.8, 4) is 5.88 Å². The number of thiazole rings is 1. The van der Waals surface area contributed by atoms with Crippen LogP contribution < -0.4 is 15.5 Å². The van der Waals surface area contributed by atoms with E-state index in [9.17, 15) is 36.6 Å². The van der Waals surface area contributed by atoms with Gasteiger partial charge in [-0.3, -0.25) is 4.90 Å². The molecule has 14 heteroatoms. The summed E-state index contributed by atoms with van der Waals surface area (Å²) in [6.45, 7) is 1.95. The molecule has 2 bridgehead atoms. The van der Waals surface area contributed by atoms with Crippen molar-refractivity contribution in [2.24, 2.45) is 10.2 Å². The van der Waals surface area contributed by atoms with Gasteiger partial charge in [0.05, 0.1) is 34.2 Å². The lowest BCUT2D eigenvalue weighted by atomic mass is 9.94. The summed E-state index contributed by atoms with van der Waals surface area (Å²) >= 11 is 1.13. The third-order valence-electron chi connectivity index (χ3n) is 7.71. The number of aromatic hydroxyl groups is 1. The molecule has 3 aromatic rings. The summed E-state index contributed by atoms with van der Waals surface area (Å²) in [5, 5.41) is 29.6. The van der Waals surface area contributed by atoms with Crippen molar-refractivity contribution in [2.75, 3.05) is 31.1 Å². The molecule has 2 aromatic carbocycles. The lowest BCUT2D eigenvalue weighted by Crippen LogP contribution is -2.47. The van der Waals surface area contributed by atoms with Gasteiger partial charge in [0.25, 0.3) is 0 Å². The number of hydrogen-bond donors (Lipinski definition) is 2. The first-order valence-electron chi connectivity index (χ1n) is 12.8. The minimum absolute atomic E-state index is 0.0480. The van der Waals surface area contributed by atoms with Gasteiger partial charge in [-0.25, -0.2) is 0 Å². The van der Waals surface area contributed by atoms with Crippen LogP contribution in [-0.4, -0.2) is 64.6 Å². The van der Waals surface area contributed by atoms with Crippen LogP contribution in [0, 0.1) is 0 Å². The molecule has 0 spiro atoms.